The number of rotatable bonds is 0. The summed E-state index contributed by atoms with van der Waals surface area (Å²) >= 11 is 0. The van der Waals surface area contributed by atoms with Crippen molar-refractivity contribution in [3.8, 4) is 0 Å². The van der Waals surface area contributed by atoms with E-state index in [2.05, 4.69) is 75.4 Å². The number of hydrogen-bond acceptors (Lipinski definition) is 0. The van der Waals surface area contributed by atoms with Gasteiger partial charge in [-0.3, -0.25) is 0 Å². The van der Waals surface area contributed by atoms with Gasteiger partial charge in [0.15, 0.2) is 0 Å². The number of hydrogen-bond donors (Lipinski definition) is 0. The maximum atomic E-state index is 2.40. The molecule has 0 saturated heterocycles. The Morgan fingerprint density at radius 2 is 1.52 bits per heavy atom. The van der Waals surface area contributed by atoms with Gasteiger partial charge in [0.1, 0.15) is 0 Å². The Balaban J connectivity index is 1.94. The van der Waals surface area contributed by atoms with Gasteiger partial charge >= 0.3 is 0 Å². The molecule has 0 bridgehead atoms. The highest BCUT2D eigenvalue weighted by molar-refractivity contribution is 6.11. The van der Waals surface area contributed by atoms with Gasteiger partial charge in [0, 0.05) is 5.92 Å². The Labute approximate surface area is 137 Å². The van der Waals surface area contributed by atoms with E-state index in [1.807, 2.05) is 0 Å². The maximum Gasteiger partial charge on any atom is 0.0171 e. The van der Waals surface area contributed by atoms with Crippen LogP contribution in [0.25, 0.3) is 21.9 Å². The minimum Gasteiger partial charge on any atom is -0.0619 e. The summed E-state index contributed by atoms with van der Waals surface area (Å²) in [6.07, 6.45) is 0. The summed E-state index contributed by atoms with van der Waals surface area (Å²) in [5.74, 6) is 1.04. The van der Waals surface area contributed by atoms with E-state index < -0.39 is 0 Å². The zero-order chi connectivity index (χ0) is 15.7. The molecule has 112 valence electrons. The molecule has 0 N–H and O–H groups in total. The van der Waals surface area contributed by atoms with Crippen LogP contribution in [0, 0.1) is 6.92 Å². The van der Waals surface area contributed by atoms with Gasteiger partial charge in [-0.25, -0.2) is 0 Å². The van der Waals surface area contributed by atoms with Crippen molar-refractivity contribution in [1.82, 2.24) is 0 Å². The van der Waals surface area contributed by atoms with E-state index in [0.29, 0.717) is 11.8 Å². The van der Waals surface area contributed by atoms with Crippen molar-refractivity contribution in [2.75, 3.05) is 0 Å². The third-order valence-corrected chi connectivity index (χ3v) is 5.99. The number of benzene rings is 3. The Morgan fingerprint density at radius 3 is 2.39 bits per heavy atom. The number of fused-ring (bicyclic) bond motifs is 4. The van der Waals surface area contributed by atoms with Gasteiger partial charge in [-0.05, 0) is 69.5 Å². The lowest BCUT2D eigenvalue weighted by Crippen LogP contribution is -2.14. The van der Waals surface area contributed by atoms with Crippen molar-refractivity contribution >= 4 is 21.9 Å². The van der Waals surface area contributed by atoms with Crippen LogP contribution in [0.2, 0.25) is 0 Å². The van der Waals surface area contributed by atoms with Crippen LogP contribution in [0.3, 0.4) is 0 Å². The molecule has 23 heavy (non-hydrogen) atoms. The van der Waals surface area contributed by atoms with Gasteiger partial charge in [-0.1, -0.05) is 61.5 Å². The maximum absolute atomic E-state index is 2.40. The zero-order valence-corrected chi connectivity index (χ0v) is 13.9. The highest BCUT2D eigenvalue weighted by Crippen LogP contribution is 2.58. The SMILES string of the molecule is CC1=C2c3ccc(C)c4cccc(c34)C2C(C)c2ccccc21. The van der Waals surface area contributed by atoms with E-state index in [0.717, 1.165) is 0 Å². The van der Waals surface area contributed by atoms with Crippen molar-refractivity contribution < 1.29 is 0 Å². The fourth-order valence-electron chi connectivity index (χ4n) is 4.90. The molecule has 0 amide bonds. The minimum atomic E-state index is 0.505. The molecule has 0 aliphatic heterocycles. The molecule has 0 spiro atoms. The molecular weight excluding hydrogens is 276 g/mol. The molecule has 2 atom stereocenters. The first-order valence-corrected chi connectivity index (χ1v) is 8.51. The molecule has 0 aromatic heterocycles. The second kappa shape index (κ2) is 4.35. The molecule has 0 heteroatoms. The quantitative estimate of drug-likeness (QED) is 0.457. The summed E-state index contributed by atoms with van der Waals surface area (Å²) in [5, 5.41) is 2.91. The third kappa shape index (κ3) is 1.51. The van der Waals surface area contributed by atoms with E-state index in [9.17, 15) is 0 Å². The van der Waals surface area contributed by atoms with Crippen LogP contribution in [0.5, 0.6) is 0 Å². The Morgan fingerprint density at radius 1 is 0.739 bits per heavy atom. The van der Waals surface area contributed by atoms with Crippen molar-refractivity contribution in [1.29, 1.82) is 0 Å². The molecule has 0 radical (unpaired) electrons. The highest BCUT2D eigenvalue weighted by atomic mass is 14.4. The van der Waals surface area contributed by atoms with E-state index in [1.165, 1.54) is 44.2 Å². The molecule has 2 aliphatic rings. The van der Waals surface area contributed by atoms with Gasteiger partial charge in [-0.2, -0.15) is 0 Å². The fourth-order valence-corrected chi connectivity index (χ4v) is 4.90. The molecule has 3 aromatic carbocycles. The second-order valence-corrected chi connectivity index (χ2v) is 7.09. The van der Waals surface area contributed by atoms with Crippen LogP contribution in [-0.4, -0.2) is 0 Å². The number of aryl methyl sites for hydroxylation is 1. The van der Waals surface area contributed by atoms with E-state index in [4.69, 9.17) is 0 Å². The summed E-state index contributed by atoms with van der Waals surface area (Å²) in [4.78, 5) is 0. The second-order valence-electron chi connectivity index (χ2n) is 7.09. The lowest BCUT2D eigenvalue weighted by molar-refractivity contribution is 0.692. The highest BCUT2D eigenvalue weighted by Gasteiger charge is 2.38. The van der Waals surface area contributed by atoms with Crippen molar-refractivity contribution in [2.24, 2.45) is 0 Å². The predicted molar refractivity (Wildman–Crippen MR) is 98.8 cm³/mol. The van der Waals surface area contributed by atoms with Crippen LogP contribution in [0.4, 0.5) is 0 Å². The first kappa shape index (κ1) is 13.1. The van der Waals surface area contributed by atoms with Crippen LogP contribution < -0.4 is 0 Å². The van der Waals surface area contributed by atoms with Gasteiger partial charge in [0.05, 0.1) is 0 Å². The largest absolute Gasteiger partial charge is 0.0619 e. The monoisotopic (exact) mass is 296 g/mol. The topological polar surface area (TPSA) is 0 Å². The van der Waals surface area contributed by atoms with Gasteiger partial charge in [0.2, 0.25) is 0 Å². The van der Waals surface area contributed by atoms with Crippen LogP contribution in [0.1, 0.15) is 53.5 Å². The molecule has 5 rings (SSSR count). The summed E-state index contributed by atoms with van der Waals surface area (Å²) in [6, 6.07) is 20.5. The normalized spacial score (nSPS) is 21.5. The molecule has 0 fully saturated rings. The summed E-state index contributed by atoms with van der Waals surface area (Å²) in [6.45, 7) is 6.93. The summed E-state index contributed by atoms with van der Waals surface area (Å²) in [5.41, 5.74) is 10.3. The fraction of sp³-hybridized carbons (Fsp3) is 0.217. The first-order chi connectivity index (χ1) is 11.2. The minimum absolute atomic E-state index is 0.505. The molecule has 3 aromatic rings. The van der Waals surface area contributed by atoms with Gasteiger partial charge < -0.3 is 0 Å². The lowest BCUT2D eigenvalue weighted by Gasteiger charge is -2.32. The molecule has 2 unspecified atom stereocenters. The van der Waals surface area contributed by atoms with Crippen molar-refractivity contribution in [3.05, 3.63) is 82.4 Å². The summed E-state index contributed by atoms with van der Waals surface area (Å²) in [7, 11) is 0. The molecule has 0 heterocycles. The van der Waals surface area contributed by atoms with Crippen molar-refractivity contribution in [2.45, 2.75) is 32.6 Å². The Bertz CT molecular complexity index is 1000. The van der Waals surface area contributed by atoms with E-state index >= 15 is 0 Å². The molecular formula is C23H20. The van der Waals surface area contributed by atoms with Gasteiger partial charge in [0.25, 0.3) is 0 Å². The average molecular weight is 296 g/mol. The Hall–Kier alpha value is -2.34. The predicted octanol–water partition coefficient (Wildman–Crippen LogP) is 6.29. The molecule has 0 nitrogen and oxygen atoms in total. The van der Waals surface area contributed by atoms with Crippen LogP contribution >= 0.6 is 0 Å². The molecule has 2 aliphatic carbocycles. The van der Waals surface area contributed by atoms with Crippen molar-refractivity contribution in [3.63, 3.8) is 0 Å². The zero-order valence-electron chi connectivity index (χ0n) is 13.9. The van der Waals surface area contributed by atoms with Crippen LogP contribution in [-0.2, 0) is 0 Å². The lowest BCUT2D eigenvalue weighted by atomic mass is 9.71. The third-order valence-electron chi connectivity index (χ3n) is 5.99. The Kier molecular flexibility index (Phi) is 2.48. The first-order valence-electron chi connectivity index (χ1n) is 8.51. The standard InChI is InChI=1S/C23H20/c1-13-11-12-20-22-15(3)18-8-5-4-7-17(18)14(2)21(22)19-10-6-9-16(13)23(19)20/h4-12,14,21H,1-3H3. The van der Waals surface area contributed by atoms with E-state index in [-0.39, 0.29) is 0 Å². The number of allylic oxidation sites excluding steroid dienone is 2. The molecule has 0 saturated carbocycles. The van der Waals surface area contributed by atoms with E-state index in [1.54, 1.807) is 5.57 Å². The van der Waals surface area contributed by atoms with Gasteiger partial charge in [-0.15, -0.1) is 0 Å². The summed E-state index contributed by atoms with van der Waals surface area (Å²) < 4.78 is 0. The smallest absolute Gasteiger partial charge is 0.0171 e. The van der Waals surface area contributed by atoms with Crippen LogP contribution in [0.15, 0.2) is 54.6 Å². The average Bonchev–Trinajstić information content (AvgIpc) is 2.92.